The number of phenolic OH excluding ortho intramolecular Hbond substituents is 1. The van der Waals surface area contributed by atoms with Crippen LogP contribution in [0.5, 0.6) is 11.5 Å². The largest absolute Gasteiger partial charge is 0.504 e. The number of methoxy groups -OCH3 is 1. The highest BCUT2D eigenvalue weighted by Gasteiger charge is 2.11. The first-order valence-corrected chi connectivity index (χ1v) is 7.43. The van der Waals surface area contributed by atoms with E-state index in [1.54, 1.807) is 12.1 Å². The van der Waals surface area contributed by atoms with E-state index in [2.05, 4.69) is 20.3 Å². The molecule has 0 bridgehead atoms. The molecule has 2 N–H and O–H groups in total. The van der Waals surface area contributed by atoms with Crippen LogP contribution in [0, 0.1) is 0 Å². The number of benzene rings is 1. The molecule has 1 aromatic heterocycles. The van der Waals surface area contributed by atoms with Crippen molar-refractivity contribution in [2.75, 3.05) is 31.4 Å². The highest BCUT2D eigenvalue weighted by molar-refractivity contribution is 5.43. The van der Waals surface area contributed by atoms with Crippen molar-refractivity contribution in [2.45, 2.75) is 26.3 Å². The quantitative estimate of drug-likeness (QED) is 0.846. The first-order chi connectivity index (χ1) is 10.9. The van der Waals surface area contributed by atoms with Gasteiger partial charge in [0.15, 0.2) is 11.5 Å². The van der Waals surface area contributed by atoms with Gasteiger partial charge in [-0.15, -0.1) is 0 Å². The number of aromatic nitrogens is 3. The van der Waals surface area contributed by atoms with E-state index in [1.807, 2.05) is 38.9 Å². The number of rotatable bonds is 6. The molecule has 0 aliphatic heterocycles. The lowest BCUT2D eigenvalue weighted by atomic mass is 10.2. The fraction of sp³-hybridized carbons (Fsp3) is 0.438. The van der Waals surface area contributed by atoms with Crippen molar-refractivity contribution in [1.82, 2.24) is 15.0 Å². The van der Waals surface area contributed by atoms with E-state index >= 15 is 0 Å². The maximum Gasteiger partial charge on any atom is 0.229 e. The standard InChI is InChI=1S/C16H23N5O2/c1-10(2)14-18-15(20-16(19-14)21(3)4)17-9-11-6-7-12(22)13(8-11)23-5/h6-8,10,22H,9H2,1-5H3,(H,17,18,19,20). The van der Waals surface area contributed by atoms with Crippen molar-refractivity contribution < 1.29 is 9.84 Å². The van der Waals surface area contributed by atoms with Crippen molar-refractivity contribution in [2.24, 2.45) is 0 Å². The Kier molecular flexibility index (Phi) is 5.20. The number of hydrogen-bond acceptors (Lipinski definition) is 7. The Hall–Kier alpha value is -2.57. The number of aromatic hydroxyl groups is 1. The molecular formula is C16H23N5O2. The smallest absolute Gasteiger partial charge is 0.229 e. The lowest BCUT2D eigenvalue weighted by Gasteiger charge is -2.15. The summed E-state index contributed by atoms with van der Waals surface area (Å²) in [5.41, 5.74) is 0.956. The predicted molar refractivity (Wildman–Crippen MR) is 90.2 cm³/mol. The van der Waals surface area contributed by atoms with Crippen LogP contribution in [0.2, 0.25) is 0 Å². The minimum absolute atomic E-state index is 0.119. The highest BCUT2D eigenvalue weighted by Crippen LogP contribution is 2.26. The molecule has 1 aromatic carbocycles. The first kappa shape index (κ1) is 16.8. The van der Waals surface area contributed by atoms with Crippen molar-refractivity contribution in [3.8, 4) is 11.5 Å². The minimum atomic E-state index is 0.119. The van der Waals surface area contributed by atoms with Gasteiger partial charge in [0.25, 0.3) is 0 Å². The van der Waals surface area contributed by atoms with Crippen LogP contribution in [0.15, 0.2) is 18.2 Å². The van der Waals surface area contributed by atoms with Gasteiger partial charge in [-0.2, -0.15) is 15.0 Å². The summed E-state index contributed by atoms with van der Waals surface area (Å²) in [6.45, 7) is 4.61. The Morgan fingerprint density at radius 2 is 1.96 bits per heavy atom. The SMILES string of the molecule is COc1cc(CNc2nc(C(C)C)nc(N(C)C)n2)ccc1O. The van der Waals surface area contributed by atoms with E-state index < -0.39 is 0 Å². The molecule has 1 heterocycles. The molecule has 0 saturated carbocycles. The Morgan fingerprint density at radius 1 is 1.22 bits per heavy atom. The van der Waals surface area contributed by atoms with E-state index in [0.29, 0.717) is 24.2 Å². The summed E-state index contributed by atoms with van der Waals surface area (Å²) >= 11 is 0. The van der Waals surface area contributed by atoms with Crippen LogP contribution in [0.25, 0.3) is 0 Å². The summed E-state index contributed by atoms with van der Waals surface area (Å²) in [6.07, 6.45) is 0. The predicted octanol–water partition coefficient (Wildman–Crippen LogP) is 2.39. The molecule has 0 aliphatic rings. The summed E-state index contributed by atoms with van der Waals surface area (Å²) in [5, 5.41) is 12.8. The van der Waals surface area contributed by atoms with Crippen LogP contribution in [0.4, 0.5) is 11.9 Å². The summed E-state index contributed by atoms with van der Waals surface area (Å²) in [4.78, 5) is 15.1. The summed E-state index contributed by atoms with van der Waals surface area (Å²) in [7, 11) is 5.32. The number of ether oxygens (including phenoxy) is 1. The molecule has 7 heteroatoms. The van der Waals surface area contributed by atoms with Crippen LogP contribution in [-0.2, 0) is 6.54 Å². The molecule has 0 atom stereocenters. The van der Waals surface area contributed by atoms with Gasteiger partial charge in [-0.25, -0.2) is 0 Å². The third-order valence-electron chi connectivity index (χ3n) is 3.25. The summed E-state index contributed by atoms with van der Waals surface area (Å²) in [5.74, 6) is 2.67. The normalized spacial score (nSPS) is 10.7. The Morgan fingerprint density at radius 3 is 2.57 bits per heavy atom. The van der Waals surface area contributed by atoms with E-state index in [9.17, 15) is 5.11 Å². The zero-order chi connectivity index (χ0) is 17.0. The lowest BCUT2D eigenvalue weighted by Crippen LogP contribution is -2.17. The van der Waals surface area contributed by atoms with Gasteiger partial charge in [0, 0.05) is 26.6 Å². The van der Waals surface area contributed by atoms with Crippen molar-refractivity contribution >= 4 is 11.9 Å². The third kappa shape index (κ3) is 4.21. The molecule has 0 amide bonds. The van der Waals surface area contributed by atoms with Gasteiger partial charge in [0.05, 0.1) is 7.11 Å². The lowest BCUT2D eigenvalue weighted by molar-refractivity contribution is 0.373. The summed E-state index contributed by atoms with van der Waals surface area (Å²) < 4.78 is 5.11. The maximum atomic E-state index is 9.63. The number of hydrogen-bond donors (Lipinski definition) is 2. The molecule has 0 aliphatic carbocycles. The zero-order valence-corrected chi connectivity index (χ0v) is 14.2. The molecular weight excluding hydrogens is 294 g/mol. The maximum absolute atomic E-state index is 9.63. The average Bonchev–Trinajstić information content (AvgIpc) is 2.53. The summed E-state index contributed by atoms with van der Waals surface area (Å²) in [6, 6.07) is 5.20. The topological polar surface area (TPSA) is 83.4 Å². The van der Waals surface area contributed by atoms with Crippen LogP contribution in [0.3, 0.4) is 0 Å². The molecule has 7 nitrogen and oxygen atoms in total. The number of anilines is 2. The Labute approximate surface area is 136 Å². The van der Waals surface area contributed by atoms with Gasteiger partial charge in [-0.05, 0) is 17.7 Å². The van der Waals surface area contributed by atoms with Crippen LogP contribution in [0.1, 0.15) is 31.2 Å². The molecule has 2 rings (SSSR count). The Bertz CT molecular complexity index is 647. The Balaban J connectivity index is 2.19. The molecule has 23 heavy (non-hydrogen) atoms. The molecule has 0 fully saturated rings. The van der Waals surface area contributed by atoms with Gasteiger partial charge >= 0.3 is 0 Å². The van der Waals surface area contributed by atoms with Crippen LogP contribution < -0.4 is 15.0 Å². The molecule has 0 radical (unpaired) electrons. The van der Waals surface area contributed by atoms with E-state index in [0.717, 1.165) is 11.4 Å². The van der Waals surface area contributed by atoms with E-state index in [-0.39, 0.29) is 11.7 Å². The second kappa shape index (κ2) is 7.13. The number of nitrogens with one attached hydrogen (secondary N) is 1. The van der Waals surface area contributed by atoms with Crippen molar-refractivity contribution in [3.05, 3.63) is 29.6 Å². The molecule has 0 saturated heterocycles. The second-order valence-corrected chi connectivity index (χ2v) is 5.73. The third-order valence-corrected chi connectivity index (χ3v) is 3.25. The van der Waals surface area contributed by atoms with E-state index in [1.165, 1.54) is 7.11 Å². The second-order valence-electron chi connectivity index (χ2n) is 5.73. The van der Waals surface area contributed by atoms with Gasteiger partial charge in [-0.1, -0.05) is 19.9 Å². The average molecular weight is 317 g/mol. The van der Waals surface area contributed by atoms with Gasteiger partial charge in [0.1, 0.15) is 5.82 Å². The van der Waals surface area contributed by atoms with E-state index in [4.69, 9.17) is 4.74 Å². The van der Waals surface area contributed by atoms with Crippen LogP contribution in [-0.4, -0.2) is 41.3 Å². The number of nitrogens with zero attached hydrogens (tertiary/aromatic N) is 4. The fourth-order valence-corrected chi connectivity index (χ4v) is 1.93. The number of phenols is 1. The molecule has 0 unspecified atom stereocenters. The van der Waals surface area contributed by atoms with Crippen molar-refractivity contribution in [3.63, 3.8) is 0 Å². The van der Waals surface area contributed by atoms with Crippen LogP contribution >= 0.6 is 0 Å². The minimum Gasteiger partial charge on any atom is -0.504 e. The fourth-order valence-electron chi connectivity index (χ4n) is 1.93. The van der Waals surface area contributed by atoms with Crippen molar-refractivity contribution in [1.29, 1.82) is 0 Å². The van der Waals surface area contributed by atoms with Gasteiger partial charge in [0.2, 0.25) is 11.9 Å². The zero-order valence-electron chi connectivity index (χ0n) is 14.2. The first-order valence-electron chi connectivity index (χ1n) is 7.43. The molecule has 124 valence electrons. The molecule has 0 spiro atoms. The van der Waals surface area contributed by atoms with Gasteiger partial charge < -0.3 is 20.1 Å². The highest BCUT2D eigenvalue weighted by atomic mass is 16.5. The monoisotopic (exact) mass is 317 g/mol. The molecule has 2 aromatic rings. The van der Waals surface area contributed by atoms with Gasteiger partial charge in [-0.3, -0.25) is 0 Å².